The van der Waals surface area contributed by atoms with E-state index in [0.29, 0.717) is 0 Å². The molecule has 0 aliphatic carbocycles. The average molecular weight is 324 g/mol. The molecule has 2 aliphatic rings. The van der Waals surface area contributed by atoms with E-state index in [1.54, 1.807) is 13.8 Å². The predicted molar refractivity (Wildman–Crippen MR) is 77.4 cm³/mol. The van der Waals surface area contributed by atoms with Crippen molar-refractivity contribution in [3.63, 3.8) is 0 Å². The number of carboxylic acids is 1. The fourth-order valence-corrected chi connectivity index (χ4v) is 2.92. The van der Waals surface area contributed by atoms with Crippen LogP contribution in [0.25, 0.3) is 0 Å². The van der Waals surface area contributed by atoms with Crippen LogP contribution >= 0.6 is 0 Å². The van der Waals surface area contributed by atoms with Crippen molar-refractivity contribution in [3.05, 3.63) is 35.9 Å². The van der Waals surface area contributed by atoms with Crippen molar-refractivity contribution in [1.82, 2.24) is 0 Å². The lowest BCUT2D eigenvalue weighted by Gasteiger charge is -2.26. The molecule has 7 heteroatoms. The van der Waals surface area contributed by atoms with Crippen LogP contribution in [0.2, 0.25) is 0 Å². The van der Waals surface area contributed by atoms with Gasteiger partial charge in [0.1, 0.15) is 18.3 Å². The molecule has 2 aliphatic heterocycles. The van der Waals surface area contributed by atoms with Crippen LogP contribution < -0.4 is 0 Å². The molecule has 2 heterocycles. The molecule has 2 N–H and O–H groups in total. The number of ether oxygens (including phenoxy) is 4. The van der Waals surface area contributed by atoms with Gasteiger partial charge in [0.25, 0.3) is 0 Å². The first-order valence-electron chi connectivity index (χ1n) is 7.45. The largest absolute Gasteiger partial charge is 0.479 e. The maximum absolute atomic E-state index is 11.6. The Morgan fingerprint density at radius 2 is 1.91 bits per heavy atom. The number of benzene rings is 1. The molecule has 0 aromatic heterocycles. The summed E-state index contributed by atoms with van der Waals surface area (Å²) in [6.07, 6.45) is -4.88. The fraction of sp³-hybridized carbons (Fsp3) is 0.562. The molecule has 2 fully saturated rings. The summed E-state index contributed by atoms with van der Waals surface area (Å²) in [5.74, 6) is -2.08. The van der Waals surface area contributed by atoms with Crippen molar-refractivity contribution < 1.29 is 34.0 Å². The number of carbonyl (C=O) groups is 1. The molecule has 1 aromatic carbocycles. The molecule has 0 radical (unpaired) electrons. The van der Waals surface area contributed by atoms with Gasteiger partial charge in [-0.3, -0.25) is 0 Å². The molecule has 23 heavy (non-hydrogen) atoms. The number of hydrogen-bond donors (Lipinski definition) is 2. The normalized spacial score (nSPS) is 33.3. The first-order chi connectivity index (χ1) is 10.9. The van der Waals surface area contributed by atoms with E-state index in [2.05, 4.69) is 0 Å². The van der Waals surface area contributed by atoms with E-state index in [-0.39, 0.29) is 6.61 Å². The van der Waals surface area contributed by atoms with Crippen molar-refractivity contribution in [2.75, 3.05) is 0 Å². The highest BCUT2D eigenvalue weighted by Gasteiger charge is 2.58. The highest BCUT2D eigenvalue weighted by atomic mass is 16.8. The summed E-state index contributed by atoms with van der Waals surface area (Å²) in [5.41, 5.74) is 0.845. The minimum absolute atomic E-state index is 0.120. The lowest BCUT2D eigenvalue weighted by molar-refractivity contribution is -0.235. The third-order valence-electron chi connectivity index (χ3n) is 3.88. The molecule has 126 valence electrons. The highest BCUT2D eigenvalue weighted by molar-refractivity contribution is 5.73. The number of aliphatic hydroxyl groups excluding tert-OH is 1. The van der Waals surface area contributed by atoms with E-state index in [0.717, 1.165) is 5.56 Å². The average Bonchev–Trinajstić information content (AvgIpc) is 2.95. The molecule has 0 unspecified atom stereocenters. The van der Waals surface area contributed by atoms with Gasteiger partial charge in [0.15, 0.2) is 18.2 Å². The second-order valence-electron chi connectivity index (χ2n) is 6.11. The van der Waals surface area contributed by atoms with E-state index in [9.17, 15) is 15.0 Å². The Hall–Kier alpha value is -1.51. The van der Waals surface area contributed by atoms with Crippen LogP contribution in [0.4, 0.5) is 0 Å². The number of rotatable bonds is 5. The van der Waals surface area contributed by atoms with Crippen LogP contribution in [0, 0.1) is 0 Å². The summed E-state index contributed by atoms with van der Waals surface area (Å²) in [6.45, 7) is 3.53. The molecule has 0 saturated carbocycles. The summed E-state index contributed by atoms with van der Waals surface area (Å²) in [6, 6.07) is 9.23. The predicted octanol–water partition coefficient (Wildman–Crippen LogP) is 0.894. The topological polar surface area (TPSA) is 94.5 Å². The van der Waals surface area contributed by atoms with E-state index >= 15 is 0 Å². The van der Waals surface area contributed by atoms with Gasteiger partial charge in [0.2, 0.25) is 0 Å². The summed E-state index contributed by atoms with van der Waals surface area (Å²) < 4.78 is 22.1. The van der Waals surface area contributed by atoms with E-state index < -0.39 is 42.5 Å². The maximum Gasteiger partial charge on any atom is 0.335 e. The zero-order valence-electron chi connectivity index (χ0n) is 12.9. The van der Waals surface area contributed by atoms with E-state index in [1.165, 1.54) is 0 Å². The van der Waals surface area contributed by atoms with Crippen molar-refractivity contribution in [2.45, 2.75) is 56.9 Å². The minimum atomic E-state index is -1.27. The Balaban J connectivity index is 1.72. The van der Waals surface area contributed by atoms with Crippen molar-refractivity contribution in [3.8, 4) is 0 Å². The first-order valence-corrected chi connectivity index (χ1v) is 7.45. The molecular weight excluding hydrogens is 304 g/mol. The van der Waals surface area contributed by atoms with Gasteiger partial charge in [0, 0.05) is 0 Å². The second-order valence-corrected chi connectivity index (χ2v) is 6.11. The Bertz CT molecular complexity index is 559. The molecule has 7 nitrogen and oxygen atoms in total. The van der Waals surface area contributed by atoms with Crippen LogP contribution in [0.3, 0.4) is 0 Å². The van der Waals surface area contributed by atoms with Gasteiger partial charge in [0.05, 0.1) is 6.61 Å². The van der Waals surface area contributed by atoms with E-state index in [4.69, 9.17) is 18.9 Å². The lowest BCUT2D eigenvalue weighted by Crippen LogP contribution is -2.44. The number of aliphatic hydroxyl groups is 1. The van der Waals surface area contributed by atoms with Crippen molar-refractivity contribution in [2.24, 2.45) is 0 Å². The Morgan fingerprint density at radius 1 is 1.26 bits per heavy atom. The van der Waals surface area contributed by atoms with Gasteiger partial charge >= 0.3 is 5.97 Å². The third kappa shape index (κ3) is 3.39. The van der Waals surface area contributed by atoms with Crippen LogP contribution in [0.5, 0.6) is 0 Å². The second kappa shape index (κ2) is 6.18. The van der Waals surface area contributed by atoms with Crippen LogP contribution in [0.1, 0.15) is 19.4 Å². The zero-order valence-corrected chi connectivity index (χ0v) is 12.9. The number of hydrogen-bond acceptors (Lipinski definition) is 6. The zero-order chi connectivity index (χ0) is 16.6. The van der Waals surface area contributed by atoms with Crippen LogP contribution in [0.15, 0.2) is 30.3 Å². The number of aliphatic carboxylic acids is 1. The van der Waals surface area contributed by atoms with E-state index in [1.807, 2.05) is 30.3 Å². The van der Waals surface area contributed by atoms with Gasteiger partial charge in [-0.25, -0.2) is 4.79 Å². The smallest absolute Gasteiger partial charge is 0.335 e. The standard InChI is InChI=1S/C16H20O7/c1-16(2)22-11-10(21-15(19)13(11)23-16)12(14(17)18)20-8-9-6-4-3-5-7-9/h3-7,10-13,15,19H,8H2,1-2H3,(H,17,18)/t10-,11-,12-,13-,15-/m0/s1. The molecule has 0 spiro atoms. The molecule has 2 saturated heterocycles. The van der Waals surface area contributed by atoms with Gasteiger partial charge in [-0.1, -0.05) is 30.3 Å². The Morgan fingerprint density at radius 3 is 2.57 bits per heavy atom. The lowest BCUT2D eigenvalue weighted by atomic mass is 10.1. The third-order valence-corrected chi connectivity index (χ3v) is 3.88. The van der Waals surface area contributed by atoms with Gasteiger partial charge in [-0.15, -0.1) is 0 Å². The molecular formula is C16H20O7. The van der Waals surface area contributed by atoms with Crippen LogP contribution in [-0.4, -0.2) is 52.7 Å². The van der Waals surface area contributed by atoms with Crippen molar-refractivity contribution >= 4 is 5.97 Å². The SMILES string of the molecule is CC1(C)O[C@H]2[C@@H]([C@H](OCc3ccccc3)C(=O)O)O[C@H](O)[C@H]2O1. The maximum atomic E-state index is 11.6. The summed E-state index contributed by atoms with van der Waals surface area (Å²) in [4.78, 5) is 11.6. The van der Waals surface area contributed by atoms with Crippen molar-refractivity contribution in [1.29, 1.82) is 0 Å². The summed E-state index contributed by atoms with van der Waals surface area (Å²) in [5, 5.41) is 19.4. The molecule has 0 amide bonds. The number of carboxylic acid groups (broad SMARTS) is 1. The molecule has 0 bridgehead atoms. The summed E-state index contributed by atoms with van der Waals surface area (Å²) in [7, 11) is 0. The molecule has 3 rings (SSSR count). The fourth-order valence-electron chi connectivity index (χ4n) is 2.92. The highest BCUT2D eigenvalue weighted by Crippen LogP contribution is 2.39. The first kappa shape index (κ1) is 16.4. The Kier molecular flexibility index (Phi) is 4.39. The van der Waals surface area contributed by atoms with Gasteiger partial charge < -0.3 is 29.2 Å². The van der Waals surface area contributed by atoms with Crippen LogP contribution in [-0.2, 0) is 30.3 Å². The minimum Gasteiger partial charge on any atom is -0.479 e. The number of fused-ring (bicyclic) bond motifs is 1. The quantitative estimate of drug-likeness (QED) is 0.830. The monoisotopic (exact) mass is 324 g/mol. The van der Waals surface area contributed by atoms with Gasteiger partial charge in [-0.05, 0) is 19.4 Å². The summed E-state index contributed by atoms with van der Waals surface area (Å²) >= 11 is 0. The Labute approximate surface area is 133 Å². The molecule has 1 aromatic rings. The van der Waals surface area contributed by atoms with Gasteiger partial charge in [-0.2, -0.15) is 0 Å². The molecule has 5 atom stereocenters.